The van der Waals surface area contributed by atoms with Gasteiger partial charge in [-0.3, -0.25) is 4.79 Å². The number of H-pyrrole nitrogens is 1. The third kappa shape index (κ3) is 2.60. The molecule has 0 saturated heterocycles. The largest absolute Gasteiger partial charge is 0.313 e. The highest BCUT2D eigenvalue weighted by molar-refractivity contribution is 5.70. The number of nitrogens with zero attached hydrogens (tertiary/aromatic N) is 1. The van der Waals surface area contributed by atoms with Crippen LogP contribution >= 0.6 is 0 Å². The lowest BCUT2D eigenvalue weighted by atomic mass is 9.94. The van der Waals surface area contributed by atoms with E-state index in [9.17, 15) is 4.79 Å². The zero-order valence-electron chi connectivity index (χ0n) is 12.0. The normalized spacial score (nSPS) is 10.7. The van der Waals surface area contributed by atoms with E-state index in [1.165, 1.54) is 23.0 Å². The predicted octanol–water partition coefficient (Wildman–Crippen LogP) is 3.31. The third-order valence-corrected chi connectivity index (χ3v) is 3.36. The van der Waals surface area contributed by atoms with Crippen molar-refractivity contribution < 1.29 is 0 Å². The van der Waals surface area contributed by atoms with Crippen LogP contribution in [0.25, 0.3) is 11.3 Å². The summed E-state index contributed by atoms with van der Waals surface area (Å²) in [5, 5.41) is 0. The summed E-state index contributed by atoms with van der Waals surface area (Å²) < 4.78 is 0. The average molecular weight is 256 g/mol. The van der Waals surface area contributed by atoms with E-state index in [-0.39, 0.29) is 5.56 Å². The molecule has 0 unspecified atom stereocenters. The molecule has 0 aliphatic carbocycles. The SMILES string of the molecule is CCCc1c(-c2c(C)cc(C)cc2C)nc[nH]c1=O. The lowest BCUT2D eigenvalue weighted by Gasteiger charge is -2.13. The van der Waals surface area contributed by atoms with Crippen LogP contribution < -0.4 is 5.56 Å². The van der Waals surface area contributed by atoms with Crippen LogP contribution in [0.15, 0.2) is 23.3 Å². The lowest BCUT2D eigenvalue weighted by molar-refractivity contribution is 0.887. The van der Waals surface area contributed by atoms with Crippen LogP contribution in [-0.4, -0.2) is 9.97 Å². The van der Waals surface area contributed by atoms with Crippen LogP contribution in [0.1, 0.15) is 35.6 Å². The van der Waals surface area contributed by atoms with Crippen molar-refractivity contribution in [3.8, 4) is 11.3 Å². The summed E-state index contributed by atoms with van der Waals surface area (Å²) in [4.78, 5) is 19.1. The molecule has 0 aliphatic heterocycles. The molecule has 0 saturated carbocycles. The standard InChI is InChI=1S/C16H20N2O/c1-5-6-13-15(17-9-18-16(13)19)14-11(3)7-10(2)8-12(14)4/h7-9H,5-6H2,1-4H3,(H,17,18,19). The molecule has 0 radical (unpaired) electrons. The first-order valence-electron chi connectivity index (χ1n) is 6.69. The van der Waals surface area contributed by atoms with Crippen molar-refractivity contribution >= 4 is 0 Å². The second-order valence-electron chi connectivity index (χ2n) is 5.08. The molecule has 1 aromatic heterocycles. The third-order valence-electron chi connectivity index (χ3n) is 3.36. The van der Waals surface area contributed by atoms with Gasteiger partial charge >= 0.3 is 0 Å². The second kappa shape index (κ2) is 5.39. The van der Waals surface area contributed by atoms with Crippen LogP contribution in [0.2, 0.25) is 0 Å². The van der Waals surface area contributed by atoms with Gasteiger partial charge in [-0.05, 0) is 38.3 Å². The molecule has 1 aromatic carbocycles. The van der Waals surface area contributed by atoms with Crippen molar-refractivity contribution in [3.63, 3.8) is 0 Å². The van der Waals surface area contributed by atoms with Crippen LogP contribution in [0.4, 0.5) is 0 Å². The number of nitrogens with one attached hydrogen (secondary N) is 1. The Bertz CT molecular complexity index is 633. The Kier molecular flexibility index (Phi) is 3.84. The molecule has 1 N–H and O–H groups in total. The Morgan fingerprint density at radius 1 is 1.16 bits per heavy atom. The monoisotopic (exact) mass is 256 g/mol. The summed E-state index contributed by atoms with van der Waals surface area (Å²) in [5.74, 6) is 0. The summed E-state index contributed by atoms with van der Waals surface area (Å²) in [6, 6.07) is 4.28. The van der Waals surface area contributed by atoms with E-state index in [1.807, 2.05) is 0 Å². The molecule has 0 amide bonds. The number of hydrogen-bond donors (Lipinski definition) is 1. The van der Waals surface area contributed by atoms with Gasteiger partial charge in [-0.25, -0.2) is 4.98 Å². The smallest absolute Gasteiger partial charge is 0.254 e. The summed E-state index contributed by atoms with van der Waals surface area (Å²) >= 11 is 0. The molecule has 100 valence electrons. The highest BCUT2D eigenvalue weighted by Gasteiger charge is 2.14. The molecule has 1 heterocycles. The topological polar surface area (TPSA) is 45.8 Å². The number of aromatic amines is 1. The molecule has 0 bridgehead atoms. The van der Waals surface area contributed by atoms with Crippen molar-refractivity contribution in [1.29, 1.82) is 0 Å². The highest BCUT2D eigenvalue weighted by atomic mass is 16.1. The molecular weight excluding hydrogens is 236 g/mol. The fourth-order valence-corrected chi connectivity index (χ4v) is 2.68. The van der Waals surface area contributed by atoms with Gasteiger partial charge in [0.15, 0.2) is 0 Å². The Balaban J connectivity index is 2.72. The fraction of sp³-hybridized carbons (Fsp3) is 0.375. The minimum Gasteiger partial charge on any atom is -0.313 e. The van der Waals surface area contributed by atoms with Crippen LogP contribution in [0, 0.1) is 20.8 Å². The van der Waals surface area contributed by atoms with Gasteiger partial charge in [0, 0.05) is 11.1 Å². The molecule has 0 aliphatic rings. The van der Waals surface area contributed by atoms with Gasteiger partial charge in [0.25, 0.3) is 5.56 Å². The molecular formula is C16H20N2O. The quantitative estimate of drug-likeness (QED) is 0.915. The van der Waals surface area contributed by atoms with E-state index < -0.39 is 0 Å². The number of rotatable bonds is 3. The first kappa shape index (κ1) is 13.5. The molecule has 19 heavy (non-hydrogen) atoms. The van der Waals surface area contributed by atoms with E-state index in [0.29, 0.717) is 0 Å². The second-order valence-corrected chi connectivity index (χ2v) is 5.08. The molecule has 0 spiro atoms. The molecule has 3 nitrogen and oxygen atoms in total. The first-order chi connectivity index (χ1) is 9.04. The van der Waals surface area contributed by atoms with Gasteiger partial charge in [-0.1, -0.05) is 31.0 Å². The average Bonchev–Trinajstić information content (AvgIpc) is 2.32. The molecule has 2 aromatic rings. The Labute approximate surface area is 113 Å². The van der Waals surface area contributed by atoms with Gasteiger partial charge in [0.05, 0.1) is 12.0 Å². The van der Waals surface area contributed by atoms with Gasteiger partial charge in [0.1, 0.15) is 0 Å². The van der Waals surface area contributed by atoms with Gasteiger partial charge in [-0.15, -0.1) is 0 Å². The fourth-order valence-electron chi connectivity index (χ4n) is 2.68. The maximum Gasteiger partial charge on any atom is 0.254 e. The summed E-state index contributed by atoms with van der Waals surface area (Å²) in [7, 11) is 0. The maximum absolute atomic E-state index is 12.0. The van der Waals surface area contributed by atoms with Crippen molar-refractivity contribution in [3.05, 3.63) is 51.1 Å². The van der Waals surface area contributed by atoms with E-state index in [0.717, 1.165) is 29.7 Å². The van der Waals surface area contributed by atoms with Crippen LogP contribution in [-0.2, 0) is 6.42 Å². The minimum atomic E-state index is -0.0220. The Morgan fingerprint density at radius 2 is 1.79 bits per heavy atom. The lowest BCUT2D eigenvalue weighted by Crippen LogP contribution is -2.15. The summed E-state index contributed by atoms with van der Waals surface area (Å²) in [6.45, 7) is 8.31. The predicted molar refractivity (Wildman–Crippen MR) is 78.5 cm³/mol. The summed E-state index contributed by atoms with van der Waals surface area (Å²) in [6.07, 6.45) is 3.19. The highest BCUT2D eigenvalue weighted by Crippen LogP contribution is 2.28. The van der Waals surface area contributed by atoms with E-state index in [1.54, 1.807) is 0 Å². The van der Waals surface area contributed by atoms with Crippen LogP contribution in [0.3, 0.4) is 0 Å². The molecule has 0 atom stereocenters. The van der Waals surface area contributed by atoms with Gasteiger partial charge < -0.3 is 4.98 Å². The van der Waals surface area contributed by atoms with Gasteiger partial charge in [0.2, 0.25) is 0 Å². The van der Waals surface area contributed by atoms with Crippen molar-refractivity contribution in [1.82, 2.24) is 9.97 Å². The molecule has 2 rings (SSSR count). The Hall–Kier alpha value is -1.90. The summed E-state index contributed by atoms with van der Waals surface area (Å²) in [5.41, 5.74) is 6.29. The zero-order chi connectivity index (χ0) is 14.0. The Morgan fingerprint density at radius 3 is 2.37 bits per heavy atom. The number of aryl methyl sites for hydroxylation is 3. The minimum absolute atomic E-state index is 0.0220. The number of aromatic nitrogens is 2. The van der Waals surface area contributed by atoms with E-state index >= 15 is 0 Å². The van der Waals surface area contributed by atoms with Gasteiger partial charge in [-0.2, -0.15) is 0 Å². The number of benzene rings is 1. The zero-order valence-corrected chi connectivity index (χ0v) is 12.0. The number of hydrogen-bond acceptors (Lipinski definition) is 2. The van der Waals surface area contributed by atoms with E-state index in [2.05, 4.69) is 49.8 Å². The van der Waals surface area contributed by atoms with Crippen molar-refractivity contribution in [2.75, 3.05) is 0 Å². The van der Waals surface area contributed by atoms with Crippen LogP contribution in [0.5, 0.6) is 0 Å². The van der Waals surface area contributed by atoms with Crippen molar-refractivity contribution in [2.45, 2.75) is 40.5 Å². The van der Waals surface area contributed by atoms with E-state index in [4.69, 9.17) is 0 Å². The maximum atomic E-state index is 12.0. The van der Waals surface area contributed by atoms with Crippen molar-refractivity contribution in [2.24, 2.45) is 0 Å². The molecule has 3 heteroatoms. The first-order valence-corrected chi connectivity index (χ1v) is 6.69. The molecule has 0 fully saturated rings.